The van der Waals surface area contributed by atoms with Crippen LogP contribution in [-0.4, -0.2) is 36.5 Å². The number of hydrogen-bond donors (Lipinski definition) is 2. The maximum Gasteiger partial charge on any atom is 0.331 e. The number of hydrogen-bond acceptors (Lipinski definition) is 4. The summed E-state index contributed by atoms with van der Waals surface area (Å²) in [6, 6.07) is 0.163. The highest BCUT2D eigenvalue weighted by Gasteiger charge is 2.30. The molecule has 0 aliphatic carbocycles. The molecule has 2 heterocycles. The predicted octanol–water partition coefficient (Wildman–Crippen LogP) is 2.04. The van der Waals surface area contributed by atoms with Crippen LogP contribution in [0.2, 0.25) is 0 Å². The van der Waals surface area contributed by atoms with Crippen LogP contribution in [0.3, 0.4) is 0 Å². The number of carbonyl (C=O) groups is 2. The van der Waals surface area contributed by atoms with Crippen molar-refractivity contribution in [2.45, 2.75) is 46.2 Å². The number of amides is 1. The van der Waals surface area contributed by atoms with Crippen molar-refractivity contribution in [1.82, 2.24) is 19.6 Å². The predicted molar refractivity (Wildman–Crippen MR) is 84.5 cm³/mol. The number of aliphatic carboxylic acids is 1. The van der Waals surface area contributed by atoms with E-state index in [4.69, 9.17) is 0 Å². The first-order valence-electron chi connectivity index (χ1n) is 7.28. The monoisotopic (exact) mass is 319 g/mol. The Morgan fingerprint density at radius 2 is 1.91 bits per heavy atom. The average molecular weight is 319 g/mol. The number of carboxylic acids is 1. The molecule has 8 nitrogen and oxygen atoms in total. The lowest BCUT2D eigenvalue weighted by Gasteiger charge is -2.19. The van der Waals surface area contributed by atoms with Gasteiger partial charge in [0, 0.05) is 17.9 Å². The summed E-state index contributed by atoms with van der Waals surface area (Å²) >= 11 is 0. The lowest BCUT2D eigenvalue weighted by Crippen LogP contribution is -2.35. The maximum atomic E-state index is 12.3. The summed E-state index contributed by atoms with van der Waals surface area (Å²) in [5, 5.41) is 20.1. The molecule has 2 aromatic rings. The van der Waals surface area contributed by atoms with Crippen molar-refractivity contribution in [1.29, 1.82) is 0 Å². The van der Waals surface area contributed by atoms with Gasteiger partial charge in [-0.2, -0.15) is 10.2 Å². The molecule has 0 saturated carbocycles. The van der Waals surface area contributed by atoms with Gasteiger partial charge < -0.3 is 10.4 Å². The highest BCUT2D eigenvalue weighted by atomic mass is 16.4. The molecule has 0 aliphatic heterocycles. The fraction of sp³-hybridized carbons (Fsp3) is 0.467. The van der Waals surface area contributed by atoms with Gasteiger partial charge in [-0.1, -0.05) is 0 Å². The molecule has 0 bridgehead atoms. The molecule has 0 radical (unpaired) electrons. The van der Waals surface area contributed by atoms with Crippen LogP contribution in [-0.2, 0) is 10.3 Å². The lowest BCUT2D eigenvalue weighted by molar-refractivity contribution is -0.146. The fourth-order valence-corrected chi connectivity index (χ4v) is 2.16. The summed E-state index contributed by atoms with van der Waals surface area (Å²) < 4.78 is 3.07. The summed E-state index contributed by atoms with van der Waals surface area (Å²) in [4.78, 5) is 23.6. The Bertz CT molecular complexity index is 742. The second-order valence-corrected chi connectivity index (χ2v) is 6.17. The van der Waals surface area contributed by atoms with Gasteiger partial charge in [-0.05, 0) is 34.6 Å². The maximum absolute atomic E-state index is 12.3. The summed E-state index contributed by atoms with van der Waals surface area (Å²) in [5.41, 5.74) is 0.488. The summed E-state index contributed by atoms with van der Waals surface area (Å²) in [5.74, 6) is -1.31. The Labute approximate surface area is 134 Å². The van der Waals surface area contributed by atoms with Gasteiger partial charge in [0.05, 0.1) is 23.6 Å². The number of anilines is 1. The molecular weight excluding hydrogens is 298 g/mol. The molecule has 2 aromatic heterocycles. The van der Waals surface area contributed by atoms with Crippen LogP contribution in [0.5, 0.6) is 0 Å². The van der Waals surface area contributed by atoms with Crippen molar-refractivity contribution in [3.63, 3.8) is 0 Å². The summed E-state index contributed by atoms with van der Waals surface area (Å²) in [7, 11) is 0. The second-order valence-electron chi connectivity index (χ2n) is 6.17. The zero-order valence-corrected chi connectivity index (χ0v) is 13.9. The van der Waals surface area contributed by atoms with E-state index < -0.39 is 11.5 Å². The van der Waals surface area contributed by atoms with Gasteiger partial charge in [-0.15, -0.1) is 0 Å². The highest BCUT2D eigenvalue weighted by Crippen LogP contribution is 2.19. The van der Waals surface area contributed by atoms with Gasteiger partial charge in [0.2, 0.25) is 0 Å². The average Bonchev–Trinajstić information content (AvgIpc) is 3.05. The van der Waals surface area contributed by atoms with E-state index >= 15 is 0 Å². The first-order valence-corrected chi connectivity index (χ1v) is 7.28. The quantitative estimate of drug-likeness (QED) is 0.878. The van der Waals surface area contributed by atoms with Crippen LogP contribution < -0.4 is 5.32 Å². The minimum atomic E-state index is -1.19. The molecule has 0 spiro atoms. The summed E-state index contributed by atoms with van der Waals surface area (Å²) in [6.45, 7) is 8.87. The first-order chi connectivity index (χ1) is 10.6. The van der Waals surface area contributed by atoms with Gasteiger partial charge >= 0.3 is 5.97 Å². The van der Waals surface area contributed by atoms with Crippen LogP contribution in [0.1, 0.15) is 49.8 Å². The van der Waals surface area contributed by atoms with Crippen LogP contribution in [0.15, 0.2) is 18.6 Å². The number of carbonyl (C=O) groups excluding carboxylic acids is 1. The Kier molecular flexibility index (Phi) is 4.26. The largest absolute Gasteiger partial charge is 0.479 e. The number of aromatic nitrogens is 4. The molecule has 0 saturated heterocycles. The molecule has 124 valence electrons. The normalized spacial score (nSPS) is 11.7. The van der Waals surface area contributed by atoms with Crippen molar-refractivity contribution in [3.8, 4) is 0 Å². The first kappa shape index (κ1) is 16.7. The van der Waals surface area contributed by atoms with Crippen LogP contribution in [0, 0.1) is 6.92 Å². The number of nitrogens with one attached hydrogen (secondary N) is 1. The van der Waals surface area contributed by atoms with Gasteiger partial charge in [-0.25, -0.2) is 4.79 Å². The van der Waals surface area contributed by atoms with Gasteiger partial charge in [0.15, 0.2) is 5.54 Å². The van der Waals surface area contributed by atoms with Gasteiger partial charge in [0.1, 0.15) is 0 Å². The standard InChI is InChI=1S/C15H21N5O3/c1-9(2)20-10(3)12(7-17-20)13(21)18-11-6-16-19(8-11)15(4,5)14(22)23/h6-9H,1-5H3,(H,18,21)(H,22,23). The van der Waals surface area contributed by atoms with Crippen molar-refractivity contribution in [3.05, 3.63) is 29.8 Å². The third-order valence-electron chi connectivity index (χ3n) is 3.72. The molecule has 2 N–H and O–H groups in total. The zero-order chi connectivity index (χ0) is 17.4. The molecule has 0 unspecified atom stereocenters. The van der Waals surface area contributed by atoms with E-state index in [-0.39, 0.29) is 11.9 Å². The van der Waals surface area contributed by atoms with Crippen molar-refractivity contribution < 1.29 is 14.7 Å². The molecular formula is C15H21N5O3. The van der Waals surface area contributed by atoms with E-state index in [2.05, 4.69) is 15.5 Å². The van der Waals surface area contributed by atoms with E-state index in [0.717, 1.165) is 5.69 Å². The zero-order valence-electron chi connectivity index (χ0n) is 13.9. The molecule has 8 heteroatoms. The van der Waals surface area contributed by atoms with E-state index in [9.17, 15) is 14.7 Å². The molecule has 2 rings (SSSR count). The van der Waals surface area contributed by atoms with Crippen molar-refractivity contribution in [2.24, 2.45) is 0 Å². The number of nitrogens with zero attached hydrogens (tertiary/aromatic N) is 4. The van der Waals surface area contributed by atoms with E-state index in [1.54, 1.807) is 4.68 Å². The highest BCUT2D eigenvalue weighted by molar-refractivity contribution is 6.04. The Morgan fingerprint density at radius 1 is 1.26 bits per heavy atom. The topological polar surface area (TPSA) is 102 Å². The van der Waals surface area contributed by atoms with Crippen LogP contribution >= 0.6 is 0 Å². The Balaban J connectivity index is 2.19. The third kappa shape index (κ3) is 3.10. The number of rotatable bonds is 5. The van der Waals surface area contributed by atoms with E-state index in [0.29, 0.717) is 11.3 Å². The second kappa shape index (κ2) is 5.86. The number of carboxylic acid groups (broad SMARTS) is 1. The molecule has 0 fully saturated rings. The van der Waals surface area contributed by atoms with Crippen LogP contribution in [0.25, 0.3) is 0 Å². The van der Waals surface area contributed by atoms with E-state index in [1.165, 1.54) is 37.1 Å². The minimum Gasteiger partial charge on any atom is -0.479 e. The summed E-state index contributed by atoms with van der Waals surface area (Å²) in [6.07, 6.45) is 4.44. The smallest absolute Gasteiger partial charge is 0.331 e. The molecule has 0 aliphatic rings. The van der Waals surface area contributed by atoms with Crippen molar-refractivity contribution >= 4 is 17.6 Å². The Hall–Kier alpha value is -2.64. The molecule has 23 heavy (non-hydrogen) atoms. The van der Waals surface area contributed by atoms with Gasteiger partial charge in [-0.3, -0.25) is 14.2 Å². The van der Waals surface area contributed by atoms with Gasteiger partial charge in [0.25, 0.3) is 5.91 Å². The molecule has 0 atom stereocenters. The fourth-order valence-electron chi connectivity index (χ4n) is 2.16. The third-order valence-corrected chi connectivity index (χ3v) is 3.72. The minimum absolute atomic E-state index is 0.163. The SMILES string of the molecule is Cc1c(C(=O)Nc2cnn(C(C)(C)C(=O)O)c2)cnn1C(C)C. The Morgan fingerprint density at radius 3 is 2.43 bits per heavy atom. The van der Waals surface area contributed by atoms with E-state index in [1.807, 2.05) is 20.8 Å². The molecule has 1 amide bonds. The molecule has 0 aromatic carbocycles. The van der Waals surface area contributed by atoms with Crippen molar-refractivity contribution in [2.75, 3.05) is 5.32 Å². The van der Waals surface area contributed by atoms with Crippen LogP contribution in [0.4, 0.5) is 5.69 Å². The lowest BCUT2D eigenvalue weighted by atomic mass is 10.1.